The third-order valence-corrected chi connectivity index (χ3v) is 6.45. The zero-order chi connectivity index (χ0) is 20.9. The van der Waals surface area contributed by atoms with E-state index in [0.717, 1.165) is 40.4 Å². The van der Waals surface area contributed by atoms with Crippen molar-refractivity contribution in [2.24, 2.45) is 0 Å². The van der Waals surface area contributed by atoms with Crippen LogP contribution in [0.4, 0.5) is 10.5 Å². The Bertz CT molecular complexity index is 1010. The number of urea groups is 1. The lowest BCUT2D eigenvalue weighted by molar-refractivity contribution is 0.214. The zero-order valence-electron chi connectivity index (χ0n) is 17.3. The SMILES string of the molecule is Cc1ccc(NC(=O)N2CCSC2c2ccc(OCc3ccccc3)cc2)c(C)c1. The van der Waals surface area contributed by atoms with Gasteiger partial charge in [-0.1, -0.05) is 60.2 Å². The van der Waals surface area contributed by atoms with Gasteiger partial charge >= 0.3 is 6.03 Å². The molecule has 1 saturated heterocycles. The van der Waals surface area contributed by atoms with Crippen LogP contribution < -0.4 is 10.1 Å². The van der Waals surface area contributed by atoms with Crippen LogP contribution in [0.15, 0.2) is 72.8 Å². The molecular weight excluding hydrogens is 392 g/mol. The lowest BCUT2D eigenvalue weighted by atomic mass is 10.1. The molecule has 1 N–H and O–H groups in total. The Morgan fingerprint density at radius 3 is 2.57 bits per heavy atom. The molecule has 3 aromatic rings. The van der Waals surface area contributed by atoms with E-state index in [1.54, 1.807) is 11.8 Å². The Hall–Kier alpha value is -2.92. The van der Waals surface area contributed by atoms with Crippen LogP contribution in [0.5, 0.6) is 5.75 Å². The number of hydrogen-bond donors (Lipinski definition) is 1. The van der Waals surface area contributed by atoms with Gasteiger partial charge in [0.1, 0.15) is 17.7 Å². The maximum absolute atomic E-state index is 12.9. The molecule has 154 valence electrons. The molecule has 0 aliphatic carbocycles. The number of benzene rings is 3. The predicted molar refractivity (Wildman–Crippen MR) is 124 cm³/mol. The molecular formula is C25H26N2O2S. The lowest BCUT2D eigenvalue weighted by Crippen LogP contribution is -2.34. The van der Waals surface area contributed by atoms with Gasteiger partial charge in [0.05, 0.1) is 0 Å². The summed E-state index contributed by atoms with van der Waals surface area (Å²) in [6.45, 7) is 5.35. The van der Waals surface area contributed by atoms with Crippen molar-refractivity contribution in [1.29, 1.82) is 0 Å². The van der Waals surface area contributed by atoms with Gasteiger partial charge in [0, 0.05) is 18.0 Å². The number of aryl methyl sites for hydroxylation is 2. The highest BCUT2D eigenvalue weighted by atomic mass is 32.2. The maximum atomic E-state index is 12.9. The van der Waals surface area contributed by atoms with E-state index in [1.165, 1.54) is 5.56 Å². The Morgan fingerprint density at radius 2 is 1.83 bits per heavy atom. The molecule has 0 radical (unpaired) electrons. The first-order valence-corrected chi connectivity index (χ1v) is 11.2. The summed E-state index contributed by atoms with van der Waals surface area (Å²) in [5, 5.41) is 3.09. The smallest absolute Gasteiger partial charge is 0.323 e. The molecule has 1 aliphatic heterocycles. The molecule has 1 heterocycles. The molecule has 0 aromatic heterocycles. The van der Waals surface area contributed by atoms with Crippen molar-refractivity contribution >= 4 is 23.5 Å². The van der Waals surface area contributed by atoms with E-state index in [4.69, 9.17) is 4.74 Å². The first kappa shape index (κ1) is 20.4. The lowest BCUT2D eigenvalue weighted by Gasteiger charge is -2.25. The molecule has 1 atom stereocenters. The fraction of sp³-hybridized carbons (Fsp3) is 0.240. The molecule has 4 nitrogen and oxygen atoms in total. The fourth-order valence-electron chi connectivity index (χ4n) is 3.56. The Balaban J connectivity index is 1.40. The average molecular weight is 419 g/mol. The second kappa shape index (κ2) is 9.26. The topological polar surface area (TPSA) is 41.6 Å². The molecule has 30 heavy (non-hydrogen) atoms. The molecule has 1 unspecified atom stereocenters. The predicted octanol–water partition coefficient (Wildman–Crippen LogP) is 6.16. The van der Waals surface area contributed by atoms with Crippen molar-refractivity contribution in [1.82, 2.24) is 4.90 Å². The normalized spacial score (nSPS) is 15.8. The van der Waals surface area contributed by atoms with E-state index in [0.29, 0.717) is 6.61 Å². The van der Waals surface area contributed by atoms with Crippen LogP contribution in [0, 0.1) is 13.8 Å². The van der Waals surface area contributed by atoms with Crippen LogP contribution in [0.3, 0.4) is 0 Å². The Kier molecular flexibility index (Phi) is 6.29. The van der Waals surface area contributed by atoms with Crippen LogP contribution in [-0.4, -0.2) is 23.2 Å². The highest BCUT2D eigenvalue weighted by Gasteiger charge is 2.30. The van der Waals surface area contributed by atoms with E-state index in [9.17, 15) is 4.79 Å². The highest BCUT2D eigenvalue weighted by Crippen LogP contribution is 2.38. The third kappa shape index (κ3) is 4.79. The number of amides is 2. The standard InChI is InChI=1S/C25H26N2O2S/c1-18-8-13-23(19(2)16-18)26-25(28)27-14-15-30-24(27)21-9-11-22(12-10-21)29-17-20-6-4-3-5-7-20/h3-13,16,24H,14-15,17H2,1-2H3,(H,26,28). The number of nitrogens with one attached hydrogen (secondary N) is 1. The number of nitrogens with zero attached hydrogens (tertiary/aromatic N) is 1. The van der Waals surface area contributed by atoms with Crippen LogP contribution in [0.2, 0.25) is 0 Å². The number of rotatable bonds is 5. The van der Waals surface area contributed by atoms with Gasteiger partial charge in [-0.15, -0.1) is 11.8 Å². The highest BCUT2D eigenvalue weighted by molar-refractivity contribution is 7.99. The minimum absolute atomic E-state index is 0.0129. The molecule has 5 heteroatoms. The minimum Gasteiger partial charge on any atom is -0.489 e. The number of carbonyl (C=O) groups excluding carboxylic acids is 1. The van der Waals surface area contributed by atoms with Gasteiger partial charge in [0.15, 0.2) is 0 Å². The van der Waals surface area contributed by atoms with Gasteiger partial charge in [-0.3, -0.25) is 0 Å². The molecule has 0 spiro atoms. The second-order valence-corrected chi connectivity index (χ2v) is 8.70. The van der Waals surface area contributed by atoms with Crippen LogP contribution in [0.25, 0.3) is 0 Å². The van der Waals surface area contributed by atoms with Crippen molar-refractivity contribution in [3.8, 4) is 5.75 Å². The van der Waals surface area contributed by atoms with Crippen LogP contribution >= 0.6 is 11.8 Å². The molecule has 4 rings (SSSR count). The van der Waals surface area contributed by atoms with Crippen molar-refractivity contribution in [3.05, 3.63) is 95.1 Å². The quantitative estimate of drug-likeness (QED) is 0.539. The molecule has 1 fully saturated rings. The molecule has 0 saturated carbocycles. The third-order valence-electron chi connectivity index (χ3n) is 5.19. The number of thioether (sulfide) groups is 1. The van der Waals surface area contributed by atoms with E-state index in [1.807, 2.05) is 54.3 Å². The Labute approximate surface area is 182 Å². The summed E-state index contributed by atoms with van der Waals surface area (Å²) >= 11 is 1.79. The van der Waals surface area contributed by atoms with Crippen LogP contribution in [0.1, 0.15) is 27.6 Å². The summed E-state index contributed by atoms with van der Waals surface area (Å²) in [6.07, 6.45) is 0. The molecule has 3 aromatic carbocycles. The first-order valence-electron chi connectivity index (χ1n) is 10.1. The van der Waals surface area contributed by atoms with Crippen molar-refractivity contribution in [2.75, 3.05) is 17.6 Å². The van der Waals surface area contributed by atoms with Gasteiger partial charge in [0.2, 0.25) is 0 Å². The van der Waals surface area contributed by atoms with E-state index in [2.05, 4.69) is 42.6 Å². The van der Waals surface area contributed by atoms with E-state index >= 15 is 0 Å². The van der Waals surface area contributed by atoms with Crippen molar-refractivity contribution in [2.45, 2.75) is 25.8 Å². The zero-order valence-corrected chi connectivity index (χ0v) is 18.1. The fourth-order valence-corrected chi connectivity index (χ4v) is 4.82. The summed E-state index contributed by atoms with van der Waals surface area (Å²) in [4.78, 5) is 14.8. The average Bonchev–Trinajstić information content (AvgIpc) is 3.25. The summed E-state index contributed by atoms with van der Waals surface area (Å²) in [7, 11) is 0. The summed E-state index contributed by atoms with van der Waals surface area (Å²) in [5.41, 5.74) is 5.38. The maximum Gasteiger partial charge on any atom is 0.323 e. The van der Waals surface area contributed by atoms with Gasteiger partial charge in [-0.2, -0.15) is 0 Å². The van der Waals surface area contributed by atoms with Crippen molar-refractivity contribution in [3.63, 3.8) is 0 Å². The van der Waals surface area contributed by atoms with E-state index in [-0.39, 0.29) is 11.4 Å². The number of ether oxygens (including phenoxy) is 1. The summed E-state index contributed by atoms with van der Waals surface area (Å²) < 4.78 is 5.89. The summed E-state index contributed by atoms with van der Waals surface area (Å²) in [5.74, 6) is 1.76. The Morgan fingerprint density at radius 1 is 1.07 bits per heavy atom. The van der Waals surface area contributed by atoms with E-state index < -0.39 is 0 Å². The van der Waals surface area contributed by atoms with Crippen molar-refractivity contribution < 1.29 is 9.53 Å². The van der Waals surface area contributed by atoms with Gasteiger partial charge in [0.25, 0.3) is 0 Å². The van der Waals surface area contributed by atoms with Gasteiger partial charge in [-0.25, -0.2) is 4.79 Å². The molecule has 2 amide bonds. The summed E-state index contributed by atoms with van der Waals surface area (Å²) in [6, 6.07) is 24.2. The number of anilines is 1. The minimum atomic E-state index is -0.0543. The first-order chi connectivity index (χ1) is 14.6. The molecule has 0 bridgehead atoms. The number of hydrogen-bond acceptors (Lipinski definition) is 3. The van der Waals surface area contributed by atoms with Gasteiger partial charge in [-0.05, 0) is 48.7 Å². The molecule has 1 aliphatic rings. The second-order valence-electron chi connectivity index (χ2n) is 7.51. The van der Waals surface area contributed by atoms with Gasteiger partial charge < -0.3 is 15.0 Å². The van der Waals surface area contributed by atoms with Crippen LogP contribution in [-0.2, 0) is 6.61 Å². The monoisotopic (exact) mass is 418 g/mol. The largest absolute Gasteiger partial charge is 0.489 e. The number of carbonyl (C=O) groups is 1.